The van der Waals surface area contributed by atoms with Crippen LogP contribution in [0.5, 0.6) is 0 Å². The minimum absolute atomic E-state index is 0.436. The molecule has 1 unspecified atom stereocenters. The second-order valence-electron chi connectivity index (χ2n) is 7.04. The number of aliphatic imine (C=N–C) groups is 1. The Kier molecular flexibility index (Phi) is 4.41. The molecule has 2 aliphatic heterocycles. The first-order chi connectivity index (χ1) is 10.6. The van der Waals surface area contributed by atoms with Crippen molar-refractivity contribution in [3.63, 3.8) is 0 Å². The van der Waals surface area contributed by atoms with E-state index in [2.05, 4.69) is 39.8 Å². The summed E-state index contributed by atoms with van der Waals surface area (Å²) in [5.74, 6) is 2.26. The second-order valence-corrected chi connectivity index (χ2v) is 7.04. The minimum Gasteiger partial charge on any atom is -0.351 e. The number of imidazole rings is 1. The Morgan fingerprint density at radius 2 is 2.27 bits per heavy atom. The molecule has 1 N–H and O–H groups in total. The first-order valence-electron chi connectivity index (χ1n) is 8.64. The summed E-state index contributed by atoms with van der Waals surface area (Å²) >= 11 is 0. The predicted octanol–water partition coefficient (Wildman–Crippen LogP) is 2.42. The fraction of sp³-hybridized carbons (Fsp3) is 0.765. The van der Waals surface area contributed by atoms with Crippen molar-refractivity contribution in [3.8, 4) is 0 Å². The number of hydrogen-bond acceptors (Lipinski definition) is 2. The summed E-state index contributed by atoms with van der Waals surface area (Å²) in [5.41, 5.74) is 1.57. The van der Waals surface area contributed by atoms with Gasteiger partial charge in [0.15, 0.2) is 5.96 Å². The highest BCUT2D eigenvalue weighted by Gasteiger charge is 2.33. The van der Waals surface area contributed by atoms with E-state index in [9.17, 15) is 0 Å². The molecule has 0 bridgehead atoms. The van der Waals surface area contributed by atoms with Crippen molar-refractivity contribution in [1.29, 1.82) is 0 Å². The lowest BCUT2D eigenvalue weighted by molar-refractivity contribution is 0.322. The number of nitrogens with one attached hydrogen (secondary N) is 1. The standard InChI is InChI=1S/C17H29N5/c1-4-17(2)8-10-22(13-17)16(18-3)19-11-14-12-21-9-6-5-7-15(21)20-14/h12H,4-11,13H2,1-3H3,(H,18,19). The van der Waals surface area contributed by atoms with Crippen LogP contribution in [-0.2, 0) is 19.5 Å². The van der Waals surface area contributed by atoms with E-state index in [-0.39, 0.29) is 0 Å². The molecular formula is C17H29N5. The first kappa shape index (κ1) is 15.4. The second kappa shape index (κ2) is 6.31. The molecule has 0 spiro atoms. The number of nitrogens with zero attached hydrogens (tertiary/aromatic N) is 4. The van der Waals surface area contributed by atoms with E-state index in [4.69, 9.17) is 4.98 Å². The lowest BCUT2D eigenvalue weighted by Crippen LogP contribution is -2.40. The van der Waals surface area contributed by atoms with Crippen LogP contribution in [0.3, 0.4) is 0 Å². The molecule has 0 amide bonds. The Labute approximate surface area is 133 Å². The molecule has 0 aromatic carbocycles. The van der Waals surface area contributed by atoms with Crippen molar-refractivity contribution in [2.24, 2.45) is 10.4 Å². The molecule has 22 heavy (non-hydrogen) atoms. The quantitative estimate of drug-likeness (QED) is 0.689. The summed E-state index contributed by atoms with van der Waals surface area (Å²) in [6.45, 7) is 8.76. The summed E-state index contributed by atoms with van der Waals surface area (Å²) in [6.07, 6.45) is 8.36. The maximum atomic E-state index is 4.76. The third-order valence-electron chi connectivity index (χ3n) is 5.31. The molecule has 5 heteroatoms. The largest absolute Gasteiger partial charge is 0.351 e. The van der Waals surface area contributed by atoms with E-state index >= 15 is 0 Å². The van der Waals surface area contributed by atoms with Gasteiger partial charge < -0.3 is 14.8 Å². The Morgan fingerprint density at radius 1 is 1.41 bits per heavy atom. The monoisotopic (exact) mass is 303 g/mol. The number of fused-ring (bicyclic) bond motifs is 1. The molecule has 3 heterocycles. The molecule has 1 aromatic heterocycles. The third kappa shape index (κ3) is 3.13. The van der Waals surface area contributed by atoms with Crippen molar-refractivity contribution in [2.75, 3.05) is 20.1 Å². The maximum Gasteiger partial charge on any atom is 0.193 e. The normalized spacial score (nSPS) is 25.4. The van der Waals surface area contributed by atoms with Crippen molar-refractivity contribution >= 4 is 5.96 Å². The highest BCUT2D eigenvalue weighted by atomic mass is 15.3. The molecule has 0 aliphatic carbocycles. The van der Waals surface area contributed by atoms with Crippen molar-refractivity contribution in [3.05, 3.63) is 17.7 Å². The summed E-state index contributed by atoms with van der Waals surface area (Å²) < 4.78 is 2.31. The van der Waals surface area contributed by atoms with E-state index in [0.29, 0.717) is 5.41 Å². The third-order valence-corrected chi connectivity index (χ3v) is 5.31. The Balaban J connectivity index is 1.59. The number of aryl methyl sites for hydroxylation is 2. The number of likely N-dealkylation sites (tertiary alicyclic amines) is 1. The zero-order valence-corrected chi connectivity index (χ0v) is 14.2. The van der Waals surface area contributed by atoms with E-state index in [0.717, 1.165) is 44.3 Å². The Morgan fingerprint density at radius 3 is 2.95 bits per heavy atom. The van der Waals surface area contributed by atoms with Crippen molar-refractivity contribution < 1.29 is 0 Å². The van der Waals surface area contributed by atoms with E-state index in [1.54, 1.807) is 0 Å². The molecule has 1 atom stereocenters. The Hall–Kier alpha value is -1.52. The predicted molar refractivity (Wildman–Crippen MR) is 90.0 cm³/mol. The first-order valence-corrected chi connectivity index (χ1v) is 8.64. The highest BCUT2D eigenvalue weighted by Crippen LogP contribution is 2.32. The van der Waals surface area contributed by atoms with Gasteiger partial charge in [-0.2, -0.15) is 0 Å². The van der Waals surface area contributed by atoms with Gasteiger partial charge >= 0.3 is 0 Å². The van der Waals surface area contributed by atoms with Crippen LogP contribution in [0.2, 0.25) is 0 Å². The zero-order chi connectivity index (χ0) is 15.6. The van der Waals surface area contributed by atoms with Crippen LogP contribution >= 0.6 is 0 Å². The van der Waals surface area contributed by atoms with E-state index in [1.165, 1.54) is 31.5 Å². The van der Waals surface area contributed by atoms with Gasteiger partial charge in [0, 0.05) is 39.3 Å². The lowest BCUT2D eigenvalue weighted by Gasteiger charge is -2.25. The maximum absolute atomic E-state index is 4.76. The number of rotatable bonds is 3. The average Bonchev–Trinajstić information content (AvgIpc) is 3.12. The molecular weight excluding hydrogens is 274 g/mol. The molecule has 3 rings (SSSR count). The molecule has 1 saturated heterocycles. The van der Waals surface area contributed by atoms with Gasteiger partial charge in [0.1, 0.15) is 5.82 Å². The van der Waals surface area contributed by atoms with Gasteiger partial charge in [0.2, 0.25) is 0 Å². The van der Waals surface area contributed by atoms with Gasteiger partial charge in [-0.3, -0.25) is 4.99 Å². The summed E-state index contributed by atoms with van der Waals surface area (Å²) in [4.78, 5) is 11.6. The molecule has 5 nitrogen and oxygen atoms in total. The van der Waals surface area contributed by atoms with E-state index in [1.807, 2.05) is 7.05 Å². The highest BCUT2D eigenvalue weighted by molar-refractivity contribution is 5.80. The summed E-state index contributed by atoms with van der Waals surface area (Å²) in [6, 6.07) is 0. The average molecular weight is 303 g/mol. The van der Waals surface area contributed by atoms with Gasteiger partial charge in [-0.05, 0) is 31.1 Å². The molecule has 0 radical (unpaired) electrons. The number of aromatic nitrogens is 2. The van der Waals surface area contributed by atoms with Crippen LogP contribution in [-0.4, -0.2) is 40.5 Å². The van der Waals surface area contributed by atoms with Crippen LogP contribution in [0.15, 0.2) is 11.2 Å². The topological polar surface area (TPSA) is 45.5 Å². The molecule has 0 saturated carbocycles. The molecule has 1 aromatic rings. The van der Waals surface area contributed by atoms with Crippen LogP contribution in [0.4, 0.5) is 0 Å². The summed E-state index contributed by atoms with van der Waals surface area (Å²) in [5, 5.41) is 3.50. The molecule has 2 aliphatic rings. The van der Waals surface area contributed by atoms with E-state index < -0.39 is 0 Å². The fourth-order valence-corrected chi connectivity index (χ4v) is 3.55. The number of hydrogen-bond donors (Lipinski definition) is 1. The SMILES string of the molecule is CCC1(C)CCN(C(=NC)NCc2cn3c(n2)CCCC3)C1. The van der Waals surface area contributed by atoms with Crippen molar-refractivity contribution in [1.82, 2.24) is 19.8 Å². The van der Waals surface area contributed by atoms with Gasteiger partial charge in [0.25, 0.3) is 0 Å². The van der Waals surface area contributed by atoms with Gasteiger partial charge in [-0.25, -0.2) is 4.98 Å². The van der Waals surface area contributed by atoms with Crippen molar-refractivity contribution in [2.45, 2.75) is 59.0 Å². The van der Waals surface area contributed by atoms with Crippen LogP contribution in [0, 0.1) is 5.41 Å². The van der Waals surface area contributed by atoms with Gasteiger partial charge in [-0.1, -0.05) is 13.8 Å². The molecule has 1 fully saturated rings. The zero-order valence-electron chi connectivity index (χ0n) is 14.2. The summed E-state index contributed by atoms with van der Waals surface area (Å²) in [7, 11) is 1.88. The number of guanidine groups is 1. The minimum atomic E-state index is 0.436. The van der Waals surface area contributed by atoms with Gasteiger partial charge in [-0.15, -0.1) is 0 Å². The van der Waals surface area contributed by atoms with Gasteiger partial charge in [0.05, 0.1) is 12.2 Å². The van der Waals surface area contributed by atoms with Crippen LogP contribution in [0.25, 0.3) is 0 Å². The van der Waals surface area contributed by atoms with Crippen LogP contribution < -0.4 is 5.32 Å². The Bertz CT molecular complexity index is 524. The molecule has 122 valence electrons. The lowest BCUT2D eigenvalue weighted by atomic mass is 9.87. The van der Waals surface area contributed by atoms with Crippen LogP contribution in [0.1, 0.15) is 51.0 Å². The fourth-order valence-electron chi connectivity index (χ4n) is 3.55. The smallest absolute Gasteiger partial charge is 0.193 e.